The van der Waals surface area contributed by atoms with Gasteiger partial charge in [0.25, 0.3) is 5.91 Å². The molecule has 1 aliphatic heterocycles. The first-order valence-corrected chi connectivity index (χ1v) is 10.1. The molecule has 25 heavy (non-hydrogen) atoms. The zero-order valence-electron chi connectivity index (χ0n) is 14.4. The van der Waals surface area contributed by atoms with Crippen LogP contribution in [0.25, 0.3) is 0 Å². The monoisotopic (exact) mass is 358 g/mol. The van der Waals surface area contributed by atoms with Crippen molar-refractivity contribution in [3.05, 3.63) is 65.7 Å². The molecule has 1 amide bonds. The maximum absolute atomic E-state index is 13.0. The Labute approximate surface area is 148 Å². The smallest absolute Gasteiger partial charge is 0.254 e. The second-order valence-electron chi connectivity index (χ2n) is 6.48. The molecule has 0 N–H and O–H groups in total. The Kier molecular flexibility index (Phi) is 4.92. The Morgan fingerprint density at radius 3 is 2.24 bits per heavy atom. The van der Waals surface area contributed by atoms with Crippen molar-refractivity contribution >= 4 is 15.7 Å². The van der Waals surface area contributed by atoms with Gasteiger partial charge in [-0.2, -0.15) is 0 Å². The molecule has 0 aliphatic carbocycles. The van der Waals surface area contributed by atoms with Crippen molar-refractivity contribution in [2.75, 3.05) is 32.9 Å². The summed E-state index contributed by atoms with van der Waals surface area (Å²) < 4.78 is 23.2. The van der Waals surface area contributed by atoms with Gasteiger partial charge in [0, 0.05) is 31.5 Å². The molecule has 1 atom stereocenters. The first kappa shape index (κ1) is 17.6. The van der Waals surface area contributed by atoms with Gasteiger partial charge in [0.05, 0.1) is 10.9 Å². The van der Waals surface area contributed by atoms with Crippen LogP contribution in [0, 0.1) is 0 Å². The average molecular weight is 358 g/mol. The third kappa shape index (κ3) is 3.91. The number of benzene rings is 2. The summed E-state index contributed by atoms with van der Waals surface area (Å²) in [4.78, 5) is 17.3. The molecular weight excluding hydrogens is 336 g/mol. The minimum absolute atomic E-state index is 0.0120. The van der Waals surface area contributed by atoms with E-state index in [1.165, 1.54) is 12.1 Å². The largest absolute Gasteiger partial charge is 0.329 e. The van der Waals surface area contributed by atoms with Crippen LogP contribution in [0.5, 0.6) is 0 Å². The van der Waals surface area contributed by atoms with Crippen LogP contribution in [0.2, 0.25) is 0 Å². The normalized spacial score (nSPS) is 19.0. The third-order valence-corrected chi connectivity index (χ3v) is 5.69. The fraction of sp³-hybridized carbons (Fsp3) is 0.316. The Hall–Kier alpha value is -2.18. The molecule has 0 bridgehead atoms. The first-order valence-electron chi connectivity index (χ1n) is 8.21. The number of carbonyl (C=O) groups is 1. The lowest BCUT2D eigenvalue weighted by atomic mass is 10.0. The molecule has 3 rings (SSSR count). The summed E-state index contributed by atoms with van der Waals surface area (Å²) in [5.74, 6) is -0.0676. The molecule has 1 saturated heterocycles. The molecule has 1 fully saturated rings. The predicted octanol–water partition coefficient (Wildman–Crippen LogP) is 2.22. The summed E-state index contributed by atoms with van der Waals surface area (Å²) in [6, 6.07) is 16.2. The van der Waals surface area contributed by atoms with Crippen LogP contribution < -0.4 is 0 Å². The molecule has 5 nitrogen and oxygen atoms in total. The molecule has 2 aromatic rings. The summed E-state index contributed by atoms with van der Waals surface area (Å²) in [6.07, 6.45) is 1.16. The number of piperazine rings is 1. The van der Waals surface area contributed by atoms with E-state index in [1.54, 1.807) is 12.1 Å². The zero-order valence-corrected chi connectivity index (χ0v) is 15.2. The molecule has 2 aromatic carbocycles. The lowest BCUT2D eigenvalue weighted by Crippen LogP contribution is -2.49. The van der Waals surface area contributed by atoms with E-state index in [1.807, 2.05) is 35.2 Å². The van der Waals surface area contributed by atoms with Gasteiger partial charge >= 0.3 is 0 Å². The fourth-order valence-corrected chi connectivity index (χ4v) is 3.76. The van der Waals surface area contributed by atoms with Crippen LogP contribution in [0.1, 0.15) is 22.0 Å². The Morgan fingerprint density at radius 2 is 1.64 bits per heavy atom. The first-order chi connectivity index (χ1) is 11.9. The van der Waals surface area contributed by atoms with E-state index in [2.05, 4.69) is 11.9 Å². The van der Waals surface area contributed by atoms with Crippen molar-refractivity contribution < 1.29 is 13.2 Å². The highest BCUT2D eigenvalue weighted by Crippen LogP contribution is 2.26. The molecule has 0 radical (unpaired) electrons. The maximum Gasteiger partial charge on any atom is 0.254 e. The van der Waals surface area contributed by atoms with E-state index in [4.69, 9.17) is 0 Å². The minimum atomic E-state index is -3.26. The van der Waals surface area contributed by atoms with Crippen molar-refractivity contribution in [2.24, 2.45) is 0 Å². The summed E-state index contributed by atoms with van der Waals surface area (Å²) >= 11 is 0. The quantitative estimate of drug-likeness (QED) is 0.844. The van der Waals surface area contributed by atoms with Crippen molar-refractivity contribution in [1.82, 2.24) is 9.80 Å². The topological polar surface area (TPSA) is 57.7 Å². The van der Waals surface area contributed by atoms with Crippen molar-refractivity contribution in [2.45, 2.75) is 10.9 Å². The van der Waals surface area contributed by atoms with E-state index in [0.29, 0.717) is 12.1 Å². The van der Waals surface area contributed by atoms with Crippen LogP contribution in [0.4, 0.5) is 0 Å². The highest BCUT2D eigenvalue weighted by atomic mass is 32.2. The minimum Gasteiger partial charge on any atom is -0.329 e. The van der Waals surface area contributed by atoms with Gasteiger partial charge in [-0.25, -0.2) is 8.42 Å². The van der Waals surface area contributed by atoms with Gasteiger partial charge in [0.1, 0.15) is 0 Å². The van der Waals surface area contributed by atoms with E-state index < -0.39 is 9.84 Å². The van der Waals surface area contributed by atoms with Gasteiger partial charge < -0.3 is 9.80 Å². The number of hydrogen-bond acceptors (Lipinski definition) is 4. The van der Waals surface area contributed by atoms with Gasteiger partial charge in [0.15, 0.2) is 9.84 Å². The average Bonchev–Trinajstić information content (AvgIpc) is 2.61. The van der Waals surface area contributed by atoms with E-state index >= 15 is 0 Å². The lowest BCUT2D eigenvalue weighted by molar-refractivity contribution is 0.0498. The molecule has 0 aromatic heterocycles. The predicted molar refractivity (Wildman–Crippen MR) is 97.3 cm³/mol. The van der Waals surface area contributed by atoms with Crippen LogP contribution in [0.15, 0.2) is 59.5 Å². The summed E-state index contributed by atoms with van der Waals surface area (Å²) in [5, 5.41) is 0. The summed E-state index contributed by atoms with van der Waals surface area (Å²) in [7, 11) is -1.21. The number of carbonyl (C=O) groups excluding carboxylic acids is 1. The second kappa shape index (κ2) is 6.98. The van der Waals surface area contributed by atoms with Gasteiger partial charge in [-0.15, -0.1) is 0 Å². The molecule has 0 unspecified atom stereocenters. The highest BCUT2D eigenvalue weighted by molar-refractivity contribution is 7.90. The summed E-state index contributed by atoms with van der Waals surface area (Å²) in [5.41, 5.74) is 1.62. The number of likely N-dealkylation sites (N-methyl/N-ethyl adjacent to an activating group) is 1. The van der Waals surface area contributed by atoms with Crippen molar-refractivity contribution in [3.8, 4) is 0 Å². The molecule has 0 spiro atoms. The van der Waals surface area contributed by atoms with Crippen LogP contribution >= 0.6 is 0 Å². The SMILES string of the molecule is CN1CCN(C(=O)c2ccc(S(C)(=O)=O)cc2)[C@@H](c2ccccc2)C1. The Balaban J connectivity index is 1.88. The van der Waals surface area contributed by atoms with E-state index in [-0.39, 0.29) is 16.8 Å². The van der Waals surface area contributed by atoms with E-state index in [9.17, 15) is 13.2 Å². The van der Waals surface area contributed by atoms with Crippen molar-refractivity contribution in [3.63, 3.8) is 0 Å². The molecule has 1 aliphatic rings. The standard InChI is InChI=1S/C19H22N2O3S/c1-20-12-13-21(18(14-20)15-6-4-3-5-7-15)19(22)16-8-10-17(11-9-16)25(2,23)24/h3-11,18H,12-14H2,1-2H3/t18-/m1/s1. The van der Waals surface area contributed by atoms with Crippen LogP contribution in [0.3, 0.4) is 0 Å². The Bertz CT molecular complexity index is 848. The Morgan fingerprint density at radius 1 is 1.00 bits per heavy atom. The van der Waals surface area contributed by atoms with Gasteiger partial charge in [-0.3, -0.25) is 4.79 Å². The number of sulfone groups is 1. The molecule has 0 saturated carbocycles. The number of amides is 1. The van der Waals surface area contributed by atoms with Crippen LogP contribution in [-0.4, -0.2) is 57.1 Å². The lowest BCUT2D eigenvalue weighted by Gasteiger charge is -2.40. The summed E-state index contributed by atoms with van der Waals surface area (Å²) in [6.45, 7) is 2.23. The second-order valence-corrected chi connectivity index (χ2v) is 8.50. The van der Waals surface area contributed by atoms with Gasteiger partial charge in [-0.05, 0) is 36.9 Å². The molecule has 1 heterocycles. The van der Waals surface area contributed by atoms with Crippen molar-refractivity contribution in [1.29, 1.82) is 0 Å². The van der Waals surface area contributed by atoms with Gasteiger partial charge in [-0.1, -0.05) is 30.3 Å². The molecule has 6 heteroatoms. The van der Waals surface area contributed by atoms with Gasteiger partial charge in [0.2, 0.25) is 0 Å². The molecular formula is C19H22N2O3S. The number of rotatable bonds is 3. The maximum atomic E-state index is 13.0. The molecule has 132 valence electrons. The fourth-order valence-electron chi connectivity index (χ4n) is 3.13. The zero-order chi connectivity index (χ0) is 18.0. The van der Waals surface area contributed by atoms with E-state index in [0.717, 1.165) is 24.9 Å². The number of nitrogens with zero attached hydrogens (tertiary/aromatic N) is 2. The highest BCUT2D eigenvalue weighted by Gasteiger charge is 2.30. The number of hydrogen-bond donors (Lipinski definition) is 0. The third-order valence-electron chi connectivity index (χ3n) is 4.56. The van der Waals surface area contributed by atoms with Crippen LogP contribution in [-0.2, 0) is 9.84 Å².